The minimum atomic E-state index is -3.57. The molecule has 2 aliphatic carbocycles. The van der Waals surface area contributed by atoms with Gasteiger partial charge in [-0.3, -0.25) is 9.59 Å². The van der Waals surface area contributed by atoms with Gasteiger partial charge in [-0.05, 0) is 36.3 Å². The highest BCUT2D eigenvalue weighted by molar-refractivity contribution is 7.89. The third-order valence-corrected chi connectivity index (χ3v) is 9.23. The second-order valence-corrected chi connectivity index (χ2v) is 10.6. The van der Waals surface area contributed by atoms with Crippen LogP contribution in [0.5, 0.6) is 0 Å². The molecule has 148 valence electrons. The van der Waals surface area contributed by atoms with Crippen LogP contribution in [-0.4, -0.2) is 61.2 Å². The van der Waals surface area contributed by atoms with Crippen molar-refractivity contribution in [3.8, 4) is 0 Å². The molecular formula is C19H26N2O5S. The van der Waals surface area contributed by atoms with E-state index in [1.807, 2.05) is 13.8 Å². The second-order valence-electron chi connectivity index (χ2n) is 8.59. The van der Waals surface area contributed by atoms with Gasteiger partial charge in [-0.1, -0.05) is 13.8 Å². The van der Waals surface area contributed by atoms with Crippen molar-refractivity contribution in [1.29, 1.82) is 0 Å². The number of rotatable bonds is 4. The van der Waals surface area contributed by atoms with Crippen molar-refractivity contribution in [2.24, 2.45) is 16.7 Å². The van der Waals surface area contributed by atoms with Crippen molar-refractivity contribution < 1.29 is 22.4 Å². The maximum Gasteiger partial charge on any atom is 0.289 e. The summed E-state index contributed by atoms with van der Waals surface area (Å²) >= 11 is 0. The number of hydrogen-bond acceptors (Lipinski definition) is 5. The molecule has 3 fully saturated rings. The predicted molar refractivity (Wildman–Crippen MR) is 98.5 cm³/mol. The number of amides is 1. The minimum absolute atomic E-state index is 0.103. The number of fused-ring (bicyclic) bond motifs is 2. The topological polar surface area (TPSA) is 87.9 Å². The van der Waals surface area contributed by atoms with Gasteiger partial charge in [-0.15, -0.1) is 0 Å². The lowest BCUT2D eigenvalue weighted by Gasteiger charge is -2.39. The highest BCUT2D eigenvalue weighted by Gasteiger charge is 2.65. The van der Waals surface area contributed by atoms with Crippen molar-refractivity contribution in [2.45, 2.75) is 33.1 Å². The molecule has 1 amide bonds. The quantitative estimate of drug-likeness (QED) is 0.777. The number of carbonyl (C=O) groups is 2. The Hall–Kier alpha value is -1.67. The molecule has 2 heterocycles. The average molecular weight is 394 g/mol. The summed E-state index contributed by atoms with van der Waals surface area (Å²) in [5.74, 6) is 0.345. The third-order valence-electron chi connectivity index (χ3n) is 7.22. The van der Waals surface area contributed by atoms with E-state index >= 15 is 0 Å². The molecule has 2 saturated carbocycles. The molecule has 2 atom stereocenters. The summed E-state index contributed by atoms with van der Waals surface area (Å²) in [6.07, 6.45) is 3.55. The Morgan fingerprint density at radius 3 is 2.48 bits per heavy atom. The van der Waals surface area contributed by atoms with E-state index in [1.165, 1.54) is 10.6 Å². The van der Waals surface area contributed by atoms with Crippen molar-refractivity contribution in [3.05, 3.63) is 24.2 Å². The summed E-state index contributed by atoms with van der Waals surface area (Å²) in [5.41, 5.74) is -1.02. The zero-order valence-corrected chi connectivity index (χ0v) is 16.6. The molecule has 1 aromatic heterocycles. The van der Waals surface area contributed by atoms with Crippen LogP contribution < -0.4 is 0 Å². The highest BCUT2D eigenvalue weighted by Crippen LogP contribution is 2.64. The van der Waals surface area contributed by atoms with Gasteiger partial charge in [0.2, 0.25) is 10.0 Å². The maximum atomic E-state index is 13.1. The van der Waals surface area contributed by atoms with Gasteiger partial charge in [0, 0.05) is 38.0 Å². The van der Waals surface area contributed by atoms with E-state index < -0.39 is 15.4 Å². The Morgan fingerprint density at radius 1 is 1.26 bits per heavy atom. The average Bonchev–Trinajstić information content (AvgIpc) is 3.28. The number of nitrogens with zero attached hydrogens (tertiary/aromatic N) is 2. The van der Waals surface area contributed by atoms with E-state index in [-0.39, 0.29) is 41.7 Å². The normalized spacial score (nSPS) is 30.8. The van der Waals surface area contributed by atoms with E-state index in [0.29, 0.717) is 31.8 Å². The van der Waals surface area contributed by atoms with E-state index in [9.17, 15) is 18.0 Å². The largest absolute Gasteiger partial charge is 0.459 e. The number of sulfonamides is 1. The fraction of sp³-hybridized carbons (Fsp3) is 0.684. The Kier molecular flexibility index (Phi) is 4.27. The monoisotopic (exact) mass is 394 g/mol. The first-order chi connectivity index (χ1) is 12.7. The van der Waals surface area contributed by atoms with Gasteiger partial charge in [0.1, 0.15) is 5.78 Å². The third kappa shape index (κ3) is 2.76. The molecule has 7 nitrogen and oxygen atoms in total. The zero-order chi connectivity index (χ0) is 19.4. The molecule has 2 bridgehead atoms. The number of Topliss-reactive ketones (excluding diaryl/α,β-unsaturated/α-hetero) is 1. The van der Waals surface area contributed by atoms with Crippen LogP contribution in [0.3, 0.4) is 0 Å². The molecule has 1 aromatic rings. The Bertz CT molecular complexity index is 853. The number of carbonyl (C=O) groups excluding carboxylic acids is 2. The lowest BCUT2D eigenvalue weighted by atomic mass is 9.70. The van der Waals surface area contributed by atoms with Gasteiger partial charge in [0.15, 0.2) is 5.76 Å². The van der Waals surface area contributed by atoms with E-state index in [2.05, 4.69) is 0 Å². The zero-order valence-electron chi connectivity index (χ0n) is 15.8. The summed E-state index contributed by atoms with van der Waals surface area (Å²) in [6.45, 7) is 5.25. The van der Waals surface area contributed by atoms with Crippen LogP contribution in [0.25, 0.3) is 0 Å². The van der Waals surface area contributed by atoms with Gasteiger partial charge in [-0.2, -0.15) is 4.31 Å². The SMILES string of the molecule is CC1(C)[C@@H]2CC[C@@]1(CS(=O)(=O)N1CCN(C(=O)c3ccco3)CC1)C(=O)C2. The maximum absolute atomic E-state index is 13.1. The number of ketones is 1. The summed E-state index contributed by atoms with van der Waals surface area (Å²) < 4.78 is 32.8. The van der Waals surface area contributed by atoms with Crippen LogP contribution in [0, 0.1) is 16.7 Å². The molecule has 3 aliphatic rings. The molecular weight excluding hydrogens is 368 g/mol. The van der Waals surface area contributed by atoms with E-state index in [0.717, 1.165) is 6.42 Å². The van der Waals surface area contributed by atoms with Gasteiger partial charge in [0.25, 0.3) is 5.91 Å². The van der Waals surface area contributed by atoms with Crippen LogP contribution in [0.4, 0.5) is 0 Å². The molecule has 8 heteroatoms. The molecule has 1 aliphatic heterocycles. The fourth-order valence-corrected chi connectivity index (χ4v) is 7.44. The van der Waals surface area contributed by atoms with Gasteiger partial charge in [-0.25, -0.2) is 8.42 Å². The van der Waals surface area contributed by atoms with Crippen molar-refractivity contribution in [2.75, 3.05) is 31.9 Å². The highest BCUT2D eigenvalue weighted by atomic mass is 32.2. The molecule has 0 radical (unpaired) electrons. The molecule has 1 saturated heterocycles. The smallest absolute Gasteiger partial charge is 0.289 e. The van der Waals surface area contributed by atoms with E-state index in [1.54, 1.807) is 17.0 Å². The standard InChI is InChI=1S/C19H26N2O5S/c1-18(2)14-5-6-19(18,16(22)12-14)13-27(24,25)21-9-7-20(8-10-21)17(23)15-4-3-11-26-15/h3-4,11,14H,5-10,12-13H2,1-2H3/t14-,19-/m1/s1. The van der Waals surface area contributed by atoms with Crippen LogP contribution in [0.2, 0.25) is 0 Å². The molecule has 0 spiro atoms. The second kappa shape index (κ2) is 6.17. The lowest BCUT2D eigenvalue weighted by molar-refractivity contribution is -0.128. The van der Waals surface area contributed by atoms with Gasteiger partial charge in [0.05, 0.1) is 12.0 Å². The Balaban J connectivity index is 1.45. The van der Waals surface area contributed by atoms with E-state index in [4.69, 9.17) is 4.42 Å². The van der Waals surface area contributed by atoms with Gasteiger partial charge >= 0.3 is 0 Å². The molecule has 0 unspecified atom stereocenters. The Labute approximate surface area is 159 Å². The summed E-state index contributed by atoms with van der Waals surface area (Å²) in [4.78, 5) is 26.6. The van der Waals surface area contributed by atoms with Crippen LogP contribution >= 0.6 is 0 Å². The number of furan rings is 1. The molecule has 4 rings (SSSR count). The Morgan fingerprint density at radius 2 is 1.96 bits per heavy atom. The summed E-state index contributed by atoms with van der Waals surface area (Å²) in [6, 6.07) is 3.26. The number of piperazine rings is 1. The fourth-order valence-electron chi connectivity index (χ4n) is 5.24. The first-order valence-electron chi connectivity index (χ1n) is 9.51. The van der Waals surface area contributed by atoms with Crippen molar-refractivity contribution >= 4 is 21.7 Å². The number of hydrogen-bond donors (Lipinski definition) is 0. The van der Waals surface area contributed by atoms with Crippen LogP contribution in [-0.2, 0) is 14.8 Å². The first-order valence-corrected chi connectivity index (χ1v) is 11.1. The van der Waals surface area contributed by atoms with Crippen molar-refractivity contribution in [3.63, 3.8) is 0 Å². The predicted octanol–water partition coefficient (Wildman–Crippen LogP) is 1.76. The summed E-state index contributed by atoms with van der Waals surface area (Å²) in [5, 5.41) is 0. The first kappa shape index (κ1) is 18.7. The summed E-state index contributed by atoms with van der Waals surface area (Å²) in [7, 11) is -3.57. The van der Waals surface area contributed by atoms with Crippen LogP contribution in [0.15, 0.2) is 22.8 Å². The van der Waals surface area contributed by atoms with Crippen LogP contribution in [0.1, 0.15) is 43.7 Å². The molecule has 0 aromatic carbocycles. The van der Waals surface area contributed by atoms with Gasteiger partial charge < -0.3 is 9.32 Å². The minimum Gasteiger partial charge on any atom is -0.459 e. The van der Waals surface area contributed by atoms with Crippen molar-refractivity contribution in [1.82, 2.24) is 9.21 Å². The molecule has 27 heavy (non-hydrogen) atoms. The lowest BCUT2D eigenvalue weighted by Crippen LogP contribution is -2.53. The molecule has 0 N–H and O–H groups in total.